The number of thiocarbonyl (C=S) groups is 1. The summed E-state index contributed by atoms with van der Waals surface area (Å²) in [5.41, 5.74) is 2.67. The Morgan fingerprint density at radius 2 is 2.03 bits per heavy atom. The van der Waals surface area contributed by atoms with E-state index in [1.165, 1.54) is 12.8 Å². The molecular formula is C23H34N4O2S2. The molecule has 0 unspecified atom stereocenters. The van der Waals surface area contributed by atoms with Gasteiger partial charge in [-0.05, 0) is 61.9 Å². The van der Waals surface area contributed by atoms with E-state index in [1.54, 1.807) is 6.20 Å². The molecule has 31 heavy (non-hydrogen) atoms. The Labute approximate surface area is 192 Å². The lowest BCUT2D eigenvalue weighted by molar-refractivity contribution is 0.365. The molecular weight excluding hydrogens is 428 g/mol. The van der Waals surface area contributed by atoms with Gasteiger partial charge in [0.2, 0.25) is 15.0 Å². The highest BCUT2D eigenvalue weighted by Gasteiger charge is 2.29. The van der Waals surface area contributed by atoms with Crippen molar-refractivity contribution in [3.8, 4) is 0 Å². The minimum Gasteiger partial charge on any atom is -0.363 e. The molecule has 8 heteroatoms. The molecule has 0 bridgehead atoms. The largest absolute Gasteiger partial charge is 0.363 e. The Kier molecular flexibility index (Phi) is 7.75. The number of imidazole rings is 1. The number of nitrogens with one attached hydrogen (secondary N) is 1. The summed E-state index contributed by atoms with van der Waals surface area (Å²) in [7, 11) is -3.58. The fourth-order valence-corrected chi connectivity index (χ4v) is 5.54. The van der Waals surface area contributed by atoms with Crippen molar-refractivity contribution in [3.05, 3.63) is 47.3 Å². The first kappa shape index (κ1) is 23.7. The molecule has 2 aromatic rings. The van der Waals surface area contributed by atoms with Gasteiger partial charge in [0.1, 0.15) is 0 Å². The Balaban J connectivity index is 1.91. The molecule has 170 valence electrons. The van der Waals surface area contributed by atoms with Gasteiger partial charge in [0.25, 0.3) is 0 Å². The number of sulfone groups is 1. The quantitative estimate of drug-likeness (QED) is 0.540. The summed E-state index contributed by atoms with van der Waals surface area (Å²) in [6.45, 7) is 11.0. The summed E-state index contributed by atoms with van der Waals surface area (Å²) in [5.74, 6) is 0.913. The zero-order chi connectivity index (χ0) is 22.6. The molecule has 6 nitrogen and oxygen atoms in total. The van der Waals surface area contributed by atoms with Gasteiger partial charge < -0.3 is 14.8 Å². The number of aryl methyl sites for hydroxylation is 1. The fraction of sp³-hybridized carbons (Fsp3) is 0.565. The summed E-state index contributed by atoms with van der Waals surface area (Å²) in [6, 6.07) is 7.61. The van der Waals surface area contributed by atoms with E-state index in [0.717, 1.165) is 35.0 Å². The first-order chi connectivity index (χ1) is 14.7. The van der Waals surface area contributed by atoms with E-state index in [0.29, 0.717) is 19.0 Å². The van der Waals surface area contributed by atoms with Gasteiger partial charge in [0, 0.05) is 19.6 Å². The van der Waals surface area contributed by atoms with Crippen molar-refractivity contribution in [2.75, 3.05) is 13.1 Å². The van der Waals surface area contributed by atoms with Crippen LogP contribution in [0.2, 0.25) is 0 Å². The minimum atomic E-state index is -3.58. The summed E-state index contributed by atoms with van der Waals surface area (Å²) in [5, 5.41) is 4.12. The Hall–Kier alpha value is -1.93. The molecule has 1 aliphatic rings. The number of nitrogens with zero attached hydrogens (tertiary/aromatic N) is 3. The third kappa shape index (κ3) is 6.29. The normalized spacial score (nSPS) is 14.1. The predicted octanol–water partition coefficient (Wildman–Crippen LogP) is 3.93. The van der Waals surface area contributed by atoms with Gasteiger partial charge in [-0.15, -0.1) is 0 Å². The van der Waals surface area contributed by atoms with Crippen molar-refractivity contribution in [2.24, 2.45) is 11.8 Å². The topological polar surface area (TPSA) is 67.2 Å². The van der Waals surface area contributed by atoms with Crippen LogP contribution in [0.4, 0.5) is 0 Å². The van der Waals surface area contributed by atoms with Crippen molar-refractivity contribution in [3.63, 3.8) is 0 Å². The third-order valence-corrected chi connectivity index (χ3v) is 7.45. The lowest BCUT2D eigenvalue weighted by Crippen LogP contribution is -2.40. The van der Waals surface area contributed by atoms with Crippen LogP contribution in [0, 0.1) is 18.8 Å². The number of rotatable bonds is 10. The van der Waals surface area contributed by atoms with Crippen LogP contribution >= 0.6 is 12.2 Å². The Bertz CT molecular complexity index is 1010. The fourth-order valence-electron chi connectivity index (χ4n) is 3.66. The molecule has 1 aromatic carbocycles. The maximum Gasteiger partial charge on any atom is 0.228 e. The molecule has 1 aromatic heterocycles. The highest BCUT2D eigenvalue weighted by Crippen LogP contribution is 2.30. The van der Waals surface area contributed by atoms with E-state index < -0.39 is 9.84 Å². The Morgan fingerprint density at radius 3 is 2.65 bits per heavy atom. The first-order valence-electron chi connectivity index (χ1n) is 11.1. The van der Waals surface area contributed by atoms with Crippen molar-refractivity contribution >= 4 is 27.2 Å². The maximum absolute atomic E-state index is 13.3. The number of hydrogen-bond acceptors (Lipinski definition) is 4. The van der Waals surface area contributed by atoms with E-state index in [-0.39, 0.29) is 16.8 Å². The van der Waals surface area contributed by atoms with Gasteiger partial charge in [-0.2, -0.15) is 0 Å². The molecule has 0 aliphatic heterocycles. The van der Waals surface area contributed by atoms with Crippen LogP contribution in [-0.2, 0) is 28.7 Å². The second kappa shape index (κ2) is 10.1. The average molecular weight is 463 g/mol. The zero-order valence-corrected chi connectivity index (χ0v) is 20.6. The molecule has 1 N–H and O–H groups in total. The van der Waals surface area contributed by atoms with Crippen molar-refractivity contribution < 1.29 is 8.42 Å². The number of aromatic nitrogens is 2. The summed E-state index contributed by atoms with van der Waals surface area (Å²) in [4.78, 5) is 6.56. The second-order valence-corrected chi connectivity index (χ2v) is 11.2. The zero-order valence-electron chi connectivity index (χ0n) is 19.0. The lowest BCUT2D eigenvalue weighted by atomic mass is 10.1. The van der Waals surface area contributed by atoms with E-state index in [1.807, 2.05) is 42.7 Å². The van der Waals surface area contributed by atoms with Crippen LogP contribution in [0.5, 0.6) is 0 Å². The molecule has 1 heterocycles. The van der Waals surface area contributed by atoms with E-state index in [4.69, 9.17) is 12.2 Å². The summed E-state index contributed by atoms with van der Waals surface area (Å²) in [6.07, 6.45) is 4.17. The average Bonchev–Trinajstić information content (AvgIpc) is 3.43. The SMILES string of the molecule is CCNC(=S)N(Cc1cnc(S(=O)(=O)Cc2ccccc2C)n1CC(C)C)CC1CC1. The van der Waals surface area contributed by atoms with E-state index in [9.17, 15) is 8.42 Å². The van der Waals surface area contributed by atoms with Gasteiger partial charge in [0.15, 0.2) is 5.11 Å². The molecule has 1 aliphatic carbocycles. The Morgan fingerprint density at radius 1 is 1.32 bits per heavy atom. The molecule has 0 spiro atoms. The van der Waals surface area contributed by atoms with Gasteiger partial charge in [-0.3, -0.25) is 0 Å². The van der Waals surface area contributed by atoms with E-state index in [2.05, 4.69) is 29.0 Å². The maximum atomic E-state index is 13.3. The molecule has 1 fully saturated rings. The van der Waals surface area contributed by atoms with Crippen LogP contribution in [0.3, 0.4) is 0 Å². The van der Waals surface area contributed by atoms with Crippen molar-refractivity contribution in [2.45, 2.75) is 64.5 Å². The standard InChI is InChI=1S/C23H34N4O2S2/c1-5-24-22(30)26(14-19-10-11-19)15-21-12-25-23(27(21)13-17(2)3)31(28,29)16-20-9-7-6-8-18(20)4/h6-9,12,17,19H,5,10-11,13-16H2,1-4H3,(H,24,30). The smallest absolute Gasteiger partial charge is 0.228 e. The van der Waals surface area contributed by atoms with Crippen LogP contribution in [-0.4, -0.2) is 41.1 Å². The number of benzene rings is 1. The highest BCUT2D eigenvalue weighted by molar-refractivity contribution is 7.90. The summed E-state index contributed by atoms with van der Waals surface area (Å²) < 4.78 is 28.6. The molecule has 1 saturated carbocycles. The molecule has 0 saturated heterocycles. The first-order valence-corrected chi connectivity index (χ1v) is 13.1. The monoisotopic (exact) mass is 462 g/mol. The molecule has 0 amide bonds. The van der Waals surface area contributed by atoms with Crippen LogP contribution in [0.25, 0.3) is 0 Å². The van der Waals surface area contributed by atoms with Crippen LogP contribution in [0.1, 0.15) is 50.4 Å². The van der Waals surface area contributed by atoms with Gasteiger partial charge in [-0.25, -0.2) is 13.4 Å². The molecule has 3 rings (SSSR count). The van der Waals surface area contributed by atoms with Crippen molar-refractivity contribution in [1.29, 1.82) is 0 Å². The van der Waals surface area contributed by atoms with Crippen LogP contribution in [0.15, 0.2) is 35.6 Å². The third-order valence-electron chi connectivity index (χ3n) is 5.48. The molecule has 0 atom stereocenters. The number of hydrogen-bond donors (Lipinski definition) is 1. The van der Waals surface area contributed by atoms with Gasteiger partial charge in [-0.1, -0.05) is 38.1 Å². The lowest BCUT2D eigenvalue weighted by Gasteiger charge is -2.26. The van der Waals surface area contributed by atoms with Gasteiger partial charge in [0.05, 0.1) is 24.2 Å². The van der Waals surface area contributed by atoms with Crippen LogP contribution < -0.4 is 5.32 Å². The minimum absolute atomic E-state index is 0.0458. The van der Waals surface area contributed by atoms with E-state index >= 15 is 0 Å². The highest BCUT2D eigenvalue weighted by atomic mass is 32.2. The predicted molar refractivity (Wildman–Crippen MR) is 129 cm³/mol. The molecule has 0 radical (unpaired) electrons. The second-order valence-electron chi connectivity index (χ2n) is 8.88. The summed E-state index contributed by atoms with van der Waals surface area (Å²) >= 11 is 5.60. The van der Waals surface area contributed by atoms with Gasteiger partial charge >= 0.3 is 0 Å². The van der Waals surface area contributed by atoms with Crippen molar-refractivity contribution in [1.82, 2.24) is 19.8 Å².